The molecule has 2 aromatic rings. The third-order valence-corrected chi connectivity index (χ3v) is 3.94. The highest BCUT2D eigenvalue weighted by Gasteiger charge is 2.11. The van der Waals surface area contributed by atoms with E-state index in [0.29, 0.717) is 6.04 Å². The van der Waals surface area contributed by atoms with Crippen molar-refractivity contribution in [2.75, 3.05) is 6.54 Å². The van der Waals surface area contributed by atoms with Crippen molar-refractivity contribution in [1.29, 1.82) is 0 Å². The van der Waals surface area contributed by atoms with Gasteiger partial charge in [0.05, 0.1) is 0 Å². The Kier molecular flexibility index (Phi) is 5.94. The summed E-state index contributed by atoms with van der Waals surface area (Å²) >= 11 is 0. The number of rotatable bonds is 7. The second-order valence-electron chi connectivity index (χ2n) is 5.75. The fourth-order valence-corrected chi connectivity index (χ4v) is 2.72. The van der Waals surface area contributed by atoms with Crippen molar-refractivity contribution in [1.82, 2.24) is 10.3 Å². The van der Waals surface area contributed by atoms with Crippen molar-refractivity contribution >= 4 is 0 Å². The van der Waals surface area contributed by atoms with Gasteiger partial charge in [0, 0.05) is 17.9 Å². The largest absolute Gasteiger partial charge is 0.314 e. The maximum atomic E-state index is 4.42. The van der Waals surface area contributed by atoms with Crippen LogP contribution in [0.3, 0.4) is 0 Å². The number of nitrogens with zero attached hydrogens (tertiary/aromatic N) is 1. The summed E-state index contributed by atoms with van der Waals surface area (Å²) < 4.78 is 0. The second kappa shape index (κ2) is 7.94. The van der Waals surface area contributed by atoms with Crippen molar-refractivity contribution in [3.05, 3.63) is 65.0 Å². The first-order chi connectivity index (χ1) is 10.2. The molecule has 1 aromatic heterocycles. The third-order valence-electron chi connectivity index (χ3n) is 3.94. The van der Waals surface area contributed by atoms with Crippen LogP contribution in [0.2, 0.25) is 0 Å². The van der Waals surface area contributed by atoms with Gasteiger partial charge in [-0.3, -0.25) is 4.98 Å². The average molecular weight is 282 g/mol. The molecule has 1 atom stereocenters. The summed E-state index contributed by atoms with van der Waals surface area (Å²) in [4.78, 5) is 4.42. The van der Waals surface area contributed by atoms with Gasteiger partial charge < -0.3 is 5.32 Å². The maximum absolute atomic E-state index is 4.42. The summed E-state index contributed by atoms with van der Waals surface area (Å²) in [6.07, 6.45) is 5.12. The van der Waals surface area contributed by atoms with E-state index in [1.165, 1.54) is 22.4 Å². The normalized spacial score (nSPS) is 12.3. The summed E-state index contributed by atoms with van der Waals surface area (Å²) in [6.45, 7) is 7.56. The molecular weight excluding hydrogens is 256 g/mol. The molecule has 0 aliphatic heterocycles. The molecule has 2 nitrogen and oxygen atoms in total. The summed E-state index contributed by atoms with van der Waals surface area (Å²) in [5.74, 6) is 0. The van der Waals surface area contributed by atoms with Crippen LogP contribution in [0.15, 0.2) is 42.6 Å². The molecule has 0 aliphatic rings. The number of hydrogen-bond acceptors (Lipinski definition) is 2. The Morgan fingerprint density at radius 3 is 2.71 bits per heavy atom. The molecule has 0 saturated carbocycles. The minimum Gasteiger partial charge on any atom is -0.314 e. The molecule has 0 radical (unpaired) electrons. The van der Waals surface area contributed by atoms with Gasteiger partial charge >= 0.3 is 0 Å². The van der Waals surface area contributed by atoms with Crippen molar-refractivity contribution in [3.63, 3.8) is 0 Å². The fourth-order valence-electron chi connectivity index (χ4n) is 2.72. The molecule has 112 valence electrons. The van der Waals surface area contributed by atoms with E-state index in [2.05, 4.69) is 61.4 Å². The number of benzene rings is 1. The lowest BCUT2D eigenvalue weighted by Crippen LogP contribution is -2.31. The molecule has 2 rings (SSSR count). The number of pyridine rings is 1. The van der Waals surface area contributed by atoms with E-state index in [1.807, 2.05) is 12.3 Å². The van der Waals surface area contributed by atoms with Gasteiger partial charge in [-0.15, -0.1) is 0 Å². The molecule has 1 N–H and O–H groups in total. The molecule has 0 fully saturated rings. The first-order valence-electron chi connectivity index (χ1n) is 7.88. The maximum Gasteiger partial charge on any atom is 0.0404 e. The van der Waals surface area contributed by atoms with E-state index in [0.717, 1.165) is 25.8 Å². The van der Waals surface area contributed by atoms with Crippen molar-refractivity contribution < 1.29 is 0 Å². The first kappa shape index (κ1) is 15.7. The molecule has 0 amide bonds. The molecule has 0 aliphatic carbocycles. The minimum absolute atomic E-state index is 0.512. The molecule has 1 heterocycles. The van der Waals surface area contributed by atoms with Crippen LogP contribution >= 0.6 is 0 Å². The minimum atomic E-state index is 0.512. The van der Waals surface area contributed by atoms with E-state index < -0.39 is 0 Å². The van der Waals surface area contributed by atoms with Crippen LogP contribution in [-0.4, -0.2) is 17.6 Å². The second-order valence-corrected chi connectivity index (χ2v) is 5.75. The Balaban J connectivity index is 2.00. The highest BCUT2D eigenvalue weighted by Crippen LogP contribution is 2.15. The summed E-state index contributed by atoms with van der Waals surface area (Å²) in [5, 5.41) is 3.62. The SMILES string of the molecule is CCNC(CCc1ccccn1)Cc1cc(C)ccc1C. The Labute approximate surface area is 128 Å². The van der Waals surface area contributed by atoms with Gasteiger partial charge in [0.1, 0.15) is 0 Å². The average Bonchev–Trinajstić information content (AvgIpc) is 2.50. The fraction of sp³-hybridized carbons (Fsp3) is 0.421. The van der Waals surface area contributed by atoms with Gasteiger partial charge in [0.2, 0.25) is 0 Å². The van der Waals surface area contributed by atoms with Crippen LogP contribution in [0.5, 0.6) is 0 Å². The van der Waals surface area contributed by atoms with Crippen LogP contribution in [0.4, 0.5) is 0 Å². The monoisotopic (exact) mass is 282 g/mol. The highest BCUT2D eigenvalue weighted by molar-refractivity contribution is 5.31. The predicted molar refractivity (Wildman–Crippen MR) is 89.6 cm³/mol. The third kappa shape index (κ3) is 4.98. The topological polar surface area (TPSA) is 24.9 Å². The van der Waals surface area contributed by atoms with Crippen molar-refractivity contribution in [2.45, 2.75) is 46.1 Å². The number of likely N-dealkylation sites (N-methyl/N-ethyl adjacent to an activating group) is 1. The Morgan fingerprint density at radius 2 is 2.00 bits per heavy atom. The van der Waals surface area contributed by atoms with Gasteiger partial charge in [-0.1, -0.05) is 36.8 Å². The molecule has 0 bridgehead atoms. The predicted octanol–water partition coefficient (Wildman–Crippen LogP) is 3.85. The van der Waals surface area contributed by atoms with Gasteiger partial charge in [0.25, 0.3) is 0 Å². The van der Waals surface area contributed by atoms with Crippen LogP contribution in [0, 0.1) is 13.8 Å². The zero-order chi connectivity index (χ0) is 15.1. The quantitative estimate of drug-likeness (QED) is 0.834. The number of aryl methyl sites for hydroxylation is 3. The van der Waals surface area contributed by atoms with E-state index >= 15 is 0 Å². The smallest absolute Gasteiger partial charge is 0.0404 e. The van der Waals surface area contributed by atoms with E-state index in [-0.39, 0.29) is 0 Å². The number of nitrogens with one attached hydrogen (secondary N) is 1. The summed E-state index contributed by atoms with van der Waals surface area (Å²) in [7, 11) is 0. The molecule has 0 spiro atoms. The lowest BCUT2D eigenvalue weighted by Gasteiger charge is -2.19. The zero-order valence-corrected chi connectivity index (χ0v) is 13.4. The van der Waals surface area contributed by atoms with Crippen LogP contribution < -0.4 is 5.32 Å². The van der Waals surface area contributed by atoms with Crippen LogP contribution in [0.25, 0.3) is 0 Å². The Hall–Kier alpha value is -1.67. The standard InChI is InChI=1S/C19H26N2/c1-4-20-19(11-10-18-7-5-6-12-21-18)14-17-13-15(2)8-9-16(17)3/h5-9,12-13,19-20H,4,10-11,14H2,1-3H3. The Morgan fingerprint density at radius 1 is 1.14 bits per heavy atom. The summed E-state index contributed by atoms with van der Waals surface area (Å²) in [5.41, 5.74) is 5.38. The molecule has 21 heavy (non-hydrogen) atoms. The molecule has 0 saturated heterocycles. The van der Waals surface area contributed by atoms with Crippen LogP contribution in [-0.2, 0) is 12.8 Å². The lowest BCUT2D eigenvalue weighted by atomic mass is 9.96. The lowest BCUT2D eigenvalue weighted by molar-refractivity contribution is 0.488. The van der Waals surface area contributed by atoms with Gasteiger partial charge in [-0.25, -0.2) is 0 Å². The van der Waals surface area contributed by atoms with E-state index in [9.17, 15) is 0 Å². The molecule has 1 unspecified atom stereocenters. The van der Waals surface area contributed by atoms with Gasteiger partial charge in [0.15, 0.2) is 0 Å². The summed E-state index contributed by atoms with van der Waals surface area (Å²) in [6, 6.07) is 13.4. The molecule has 2 heteroatoms. The van der Waals surface area contributed by atoms with Crippen molar-refractivity contribution in [2.24, 2.45) is 0 Å². The van der Waals surface area contributed by atoms with Gasteiger partial charge in [-0.2, -0.15) is 0 Å². The van der Waals surface area contributed by atoms with E-state index in [4.69, 9.17) is 0 Å². The molecule has 1 aromatic carbocycles. The van der Waals surface area contributed by atoms with E-state index in [1.54, 1.807) is 0 Å². The van der Waals surface area contributed by atoms with Crippen molar-refractivity contribution in [3.8, 4) is 0 Å². The molecular formula is C19H26N2. The zero-order valence-electron chi connectivity index (χ0n) is 13.4. The highest BCUT2D eigenvalue weighted by atomic mass is 14.9. The number of hydrogen-bond donors (Lipinski definition) is 1. The van der Waals surface area contributed by atoms with Gasteiger partial charge in [-0.05, 0) is 62.9 Å². The van der Waals surface area contributed by atoms with Crippen LogP contribution in [0.1, 0.15) is 35.7 Å². The number of aromatic nitrogens is 1. The Bertz CT molecular complexity index is 549. The first-order valence-corrected chi connectivity index (χ1v) is 7.88.